The number of rotatable bonds is 1. The molecular weight excluding hydrogens is 260 g/mol. The maximum absolute atomic E-state index is 12.8. The molecule has 2 atom stereocenters. The summed E-state index contributed by atoms with van der Waals surface area (Å²) in [6.07, 6.45) is 2.14. The summed E-state index contributed by atoms with van der Waals surface area (Å²) in [4.78, 5) is 24.9. The van der Waals surface area contributed by atoms with Crippen molar-refractivity contribution in [2.45, 2.75) is 57.8 Å². The molecule has 1 spiro atoms. The first kappa shape index (κ1) is 14.0. The van der Waals surface area contributed by atoms with Crippen LogP contribution in [0.15, 0.2) is 0 Å². The minimum absolute atomic E-state index is 0.156. The summed E-state index contributed by atoms with van der Waals surface area (Å²) in [5.41, 5.74) is -1.36. The Morgan fingerprint density at radius 1 is 1.25 bits per heavy atom. The van der Waals surface area contributed by atoms with Gasteiger partial charge in [0.25, 0.3) is 0 Å². The van der Waals surface area contributed by atoms with E-state index in [9.17, 15) is 9.59 Å². The largest absolute Gasteiger partial charge is 0.459 e. The van der Waals surface area contributed by atoms with E-state index in [1.165, 1.54) is 0 Å². The van der Waals surface area contributed by atoms with Gasteiger partial charge in [-0.25, -0.2) is 0 Å². The standard InChI is InChI=1S/C15H22O5/c1-13(2,3)20-12(17)14-6-4-10(11(16)5-7-14)15(14)18-8-9-19-15/h10H,4-9H2,1-3H3. The Bertz CT molecular complexity index is 444. The van der Waals surface area contributed by atoms with Crippen LogP contribution in [0.2, 0.25) is 0 Å². The van der Waals surface area contributed by atoms with Gasteiger partial charge in [-0.05, 0) is 40.0 Å². The summed E-state index contributed by atoms with van der Waals surface area (Å²) in [5, 5.41) is 0. The zero-order valence-electron chi connectivity index (χ0n) is 12.4. The molecule has 0 aromatic heterocycles. The van der Waals surface area contributed by atoms with Crippen LogP contribution in [0.5, 0.6) is 0 Å². The van der Waals surface area contributed by atoms with E-state index in [1.54, 1.807) is 0 Å². The molecule has 2 saturated carbocycles. The lowest BCUT2D eigenvalue weighted by Gasteiger charge is -2.45. The van der Waals surface area contributed by atoms with Gasteiger partial charge in [-0.2, -0.15) is 0 Å². The van der Waals surface area contributed by atoms with Crippen LogP contribution in [0.3, 0.4) is 0 Å². The molecule has 20 heavy (non-hydrogen) atoms. The fourth-order valence-electron chi connectivity index (χ4n) is 3.90. The van der Waals surface area contributed by atoms with Crippen LogP contribution in [0.1, 0.15) is 46.5 Å². The lowest BCUT2D eigenvalue weighted by atomic mass is 9.69. The van der Waals surface area contributed by atoms with Crippen LogP contribution >= 0.6 is 0 Å². The highest BCUT2D eigenvalue weighted by molar-refractivity contribution is 5.90. The molecule has 1 heterocycles. The number of carbonyl (C=O) groups is 2. The lowest BCUT2D eigenvalue weighted by Crippen LogP contribution is -2.59. The summed E-state index contributed by atoms with van der Waals surface area (Å²) < 4.78 is 17.3. The van der Waals surface area contributed by atoms with Crippen LogP contribution in [0, 0.1) is 11.3 Å². The fourth-order valence-corrected chi connectivity index (χ4v) is 3.90. The number of esters is 1. The van der Waals surface area contributed by atoms with E-state index in [0.717, 1.165) is 0 Å². The molecule has 5 heteroatoms. The molecule has 2 unspecified atom stereocenters. The zero-order chi connectivity index (χ0) is 14.6. The molecule has 0 amide bonds. The first-order valence-electron chi connectivity index (χ1n) is 7.35. The van der Waals surface area contributed by atoms with E-state index >= 15 is 0 Å². The van der Waals surface area contributed by atoms with Crippen molar-refractivity contribution in [2.75, 3.05) is 13.2 Å². The second kappa shape index (κ2) is 4.28. The van der Waals surface area contributed by atoms with Gasteiger partial charge in [-0.3, -0.25) is 9.59 Å². The summed E-state index contributed by atoms with van der Waals surface area (Å²) >= 11 is 0. The normalized spacial score (nSPS) is 35.5. The molecule has 0 aromatic rings. The summed E-state index contributed by atoms with van der Waals surface area (Å²) in [6.45, 7) is 6.43. The highest BCUT2D eigenvalue weighted by Crippen LogP contribution is 2.61. The van der Waals surface area contributed by atoms with Gasteiger partial charge < -0.3 is 14.2 Å². The van der Waals surface area contributed by atoms with Gasteiger partial charge >= 0.3 is 5.97 Å². The van der Waals surface area contributed by atoms with Gasteiger partial charge in [0.1, 0.15) is 16.8 Å². The zero-order valence-corrected chi connectivity index (χ0v) is 12.4. The Hall–Kier alpha value is -0.940. The molecule has 1 aliphatic heterocycles. The predicted molar refractivity (Wildman–Crippen MR) is 69.9 cm³/mol. The maximum Gasteiger partial charge on any atom is 0.318 e. The molecule has 2 bridgehead atoms. The number of ketones is 1. The summed E-state index contributed by atoms with van der Waals surface area (Å²) in [5.74, 6) is -1.50. The average molecular weight is 282 g/mol. The first-order chi connectivity index (χ1) is 9.31. The van der Waals surface area contributed by atoms with Crippen molar-refractivity contribution in [2.24, 2.45) is 11.3 Å². The predicted octanol–water partition coefficient (Wildman–Crippen LogP) is 1.83. The highest BCUT2D eigenvalue weighted by atomic mass is 16.7. The van der Waals surface area contributed by atoms with Crippen molar-refractivity contribution in [3.8, 4) is 0 Å². The maximum atomic E-state index is 12.8. The Kier molecular flexibility index (Phi) is 3.00. The van der Waals surface area contributed by atoms with Crippen molar-refractivity contribution < 1.29 is 23.8 Å². The lowest BCUT2D eigenvalue weighted by molar-refractivity contribution is -0.259. The smallest absolute Gasteiger partial charge is 0.318 e. The molecule has 0 N–H and O–H groups in total. The molecular formula is C15H22O5. The van der Waals surface area contributed by atoms with Gasteiger partial charge in [0.2, 0.25) is 0 Å². The van der Waals surface area contributed by atoms with Crippen LogP contribution < -0.4 is 0 Å². The minimum Gasteiger partial charge on any atom is -0.459 e. The van der Waals surface area contributed by atoms with E-state index in [1.807, 2.05) is 20.8 Å². The van der Waals surface area contributed by atoms with Crippen molar-refractivity contribution in [1.82, 2.24) is 0 Å². The fraction of sp³-hybridized carbons (Fsp3) is 0.867. The Morgan fingerprint density at radius 2 is 1.90 bits per heavy atom. The topological polar surface area (TPSA) is 61.8 Å². The van der Waals surface area contributed by atoms with Gasteiger partial charge in [-0.15, -0.1) is 0 Å². The number of Topliss-reactive ketones (excluding diaryl/α,β-unsaturated/α-hetero) is 1. The molecule has 112 valence electrons. The molecule has 0 radical (unpaired) electrons. The third kappa shape index (κ3) is 1.76. The van der Waals surface area contributed by atoms with Crippen molar-refractivity contribution in [3.63, 3.8) is 0 Å². The number of ether oxygens (including phenoxy) is 3. The van der Waals surface area contributed by atoms with Crippen LogP contribution in [0.25, 0.3) is 0 Å². The van der Waals surface area contributed by atoms with E-state index in [4.69, 9.17) is 14.2 Å². The highest BCUT2D eigenvalue weighted by Gasteiger charge is 2.72. The Balaban J connectivity index is 1.98. The average Bonchev–Trinajstić information content (AvgIpc) is 2.88. The van der Waals surface area contributed by atoms with Crippen LogP contribution in [-0.2, 0) is 23.8 Å². The molecule has 3 aliphatic rings. The quantitative estimate of drug-likeness (QED) is 0.687. The monoisotopic (exact) mass is 282 g/mol. The van der Waals surface area contributed by atoms with E-state index in [2.05, 4.69) is 0 Å². The first-order valence-corrected chi connectivity index (χ1v) is 7.35. The van der Waals surface area contributed by atoms with E-state index in [-0.39, 0.29) is 17.7 Å². The third-order valence-corrected chi connectivity index (χ3v) is 4.68. The van der Waals surface area contributed by atoms with Gasteiger partial charge in [-0.1, -0.05) is 0 Å². The van der Waals surface area contributed by atoms with E-state index in [0.29, 0.717) is 38.9 Å². The Morgan fingerprint density at radius 3 is 2.50 bits per heavy atom. The van der Waals surface area contributed by atoms with Gasteiger partial charge in [0.05, 0.1) is 19.1 Å². The second-order valence-electron chi connectivity index (χ2n) is 7.01. The second-order valence-corrected chi connectivity index (χ2v) is 7.01. The van der Waals surface area contributed by atoms with Crippen LogP contribution in [0.4, 0.5) is 0 Å². The SMILES string of the molecule is CC(C)(C)OC(=O)C12CCC(=O)C(CC1)C21OCCO1. The van der Waals surface area contributed by atoms with Crippen molar-refractivity contribution in [1.29, 1.82) is 0 Å². The third-order valence-electron chi connectivity index (χ3n) is 4.68. The molecule has 2 aliphatic carbocycles. The number of hydrogen-bond acceptors (Lipinski definition) is 5. The van der Waals surface area contributed by atoms with E-state index < -0.39 is 16.8 Å². The van der Waals surface area contributed by atoms with Crippen LogP contribution in [-0.4, -0.2) is 36.4 Å². The molecule has 3 rings (SSSR count). The van der Waals surface area contributed by atoms with Gasteiger partial charge in [0, 0.05) is 6.42 Å². The number of carbonyl (C=O) groups excluding carboxylic acids is 2. The minimum atomic E-state index is -1.06. The molecule has 1 saturated heterocycles. The van der Waals surface area contributed by atoms with Crippen molar-refractivity contribution in [3.05, 3.63) is 0 Å². The molecule has 0 aromatic carbocycles. The summed E-state index contributed by atoms with van der Waals surface area (Å²) in [6, 6.07) is 0. The van der Waals surface area contributed by atoms with Gasteiger partial charge in [0.15, 0.2) is 5.79 Å². The van der Waals surface area contributed by atoms with Crippen molar-refractivity contribution >= 4 is 11.8 Å². The molecule has 5 nitrogen and oxygen atoms in total. The molecule has 3 fully saturated rings. The Labute approximate surface area is 118 Å². The number of hydrogen-bond donors (Lipinski definition) is 0. The summed E-state index contributed by atoms with van der Waals surface area (Å²) in [7, 11) is 0.